The van der Waals surface area contributed by atoms with Gasteiger partial charge in [-0.3, -0.25) is 14.4 Å². The van der Waals surface area contributed by atoms with Crippen LogP contribution in [0.5, 0.6) is 0 Å². The van der Waals surface area contributed by atoms with Crippen molar-refractivity contribution in [1.29, 1.82) is 0 Å². The minimum Gasteiger partial charge on any atom is -0.481 e. The lowest BCUT2D eigenvalue weighted by Crippen LogP contribution is -2.51. The maximum Gasteiger partial charge on any atom is 0.308 e. The van der Waals surface area contributed by atoms with E-state index in [0.29, 0.717) is 13.0 Å². The fourth-order valence-corrected chi connectivity index (χ4v) is 2.88. The molecule has 1 heterocycles. The van der Waals surface area contributed by atoms with Crippen LogP contribution in [-0.2, 0) is 20.8 Å². The Bertz CT molecular complexity index is 600. The van der Waals surface area contributed by atoms with Crippen molar-refractivity contribution in [3.05, 3.63) is 35.9 Å². The van der Waals surface area contributed by atoms with E-state index in [4.69, 9.17) is 5.11 Å². The van der Waals surface area contributed by atoms with Gasteiger partial charge in [0, 0.05) is 13.1 Å². The Morgan fingerprint density at radius 1 is 1.25 bits per heavy atom. The first kappa shape index (κ1) is 18.0. The van der Waals surface area contributed by atoms with Crippen LogP contribution in [0.4, 0.5) is 0 Å². The van der Waals surface area contributed by atoms with E-state index in [1.807, 2.05) is 44.2 Å². The van der Waals surface area contributed by atoms with Gasteiger partial charge in [0.2, 0.25) is 11.8 Å². The van der Waals surface area contributed by atoms with Crippen molar-refractivity contribution in [2.24, 2.45) is 11.8 Å². The van der Waals surface area contributed by atoms with Crippen molar-refractivity contribution in [1.82, 2.24) is 10.2 Å². The second kappa shape index (κ2) is 7.95. The number of carboxylic acids is 1. The molecule has 1 saturated heterocycles. The van der Waals surface area contributed by atoms with E-state index in [-0.39, 0.29) is 30.7 Å². The monoisotopic (exact) mass is 332 g/mol. The van der Waals surface area contributed by atoms with Crippen LogP contribution in [0, 0.1) is 11.8 Å². The van der Waals surface area contributed by atoms with Gasteiger partial charge in [0.1, 0.15) is 6.04 Å². The molecule has 0 aromatic heterocycles. The molecule has 2 unspecified atom stereocenters. The van der Waals surface area contributed by atoms with Crippen molar-refractivity contribution >= 4 is 17.8 Å². The minimum atomic E-state index is -0.875. The van der Waals surface area contributed by atoms with Crippen LogP contribution >= 0.6 is 0 Å². The zero-order valence-electron chi connectivity index (χ0n) is 14.1. The lowest BCUT2D eigenvalue weighted by Gasteiger charge is -2.27. The van der Waals surface area contributed by atoms with E-state index in [1.54, 1.807) is 4.90 Å². The van der Waals surface area contributed by atoms with Crippen LogP contribution in [0.2, 0.25) is 0 Å². The first-order valence-corrected chi connectivity index (χ1v) is 8.23. The second-order valence-electron chi connectivity index (χ2n) is 6.56. The first-order chi connectivity index (χ1) is 11.4. The summed E-state index contributed by atoms with van der Waals surface area (Å²) < 4.78 is 0. The molecule has 130 valence electrons. The summed E-state index contributed by atoms with van der Waals surface area (Å²) in [4.78, 5) is 37.5. The third-order valence-corrected chi connectivity index (χ3v) is 4.31. The molecule has 0 aliphatic carbocycles. The minimum absolute atomic E-state index is 0.0684. The summed E-state index contributed by atoms with van der Waals surface area (Å²) in [6.07, 6.45) is 0.680. The van der Waals surface area contributed by atoms with Gasteiger partial charge in [-0.1, -0.05) is 44.2 Å². The molecule has 0 spiro atoms. The highest BCUT2D eigenvalue weighted by molar-refractivity contribution is 5.89. The van der Waals surface area contributed by atoms with Gasteiger partial charge in [0.15, 0.2) is 0 Å². The summed E-state index contributed by atoms with van der Waals surface area (Å²) in [7, 11) is 0. The maximum atomic E-state index is 12.7. The summed E-state index contributed by atoms with van der Waals surface area (Å²) in [5.41, 5.74) is 0.886. The molecule has 24 heavy (non-hydrogen) atoms. The van der Waals surface area contributed by atoms with Crippen LogP contribution in [0.1, 0.15) is 25.8 Å². The van der Waals surface area contributed by atoms with Gasteiger partial charge in [0.05, 0.1) is 12.3 Å². The number of benzene rings is 1. The number of nitrogens with one attached hydrogen (secondary N) is 1. The normalized spacial score (nSPS) is 18.5. The largest absolute Gasteiger partial charge is 0.481 e. The third kappa shape index (κ3) is 4.57. The Hall–Kier alpha value is -2.37. The quantitative estimate of drug-likeness (QED) is 0.822. The average molecular weight is 332 g/mol. The molecule has 1 fully saturated rings. The zero-order valence-corrected chi connectivity index (χ0v) is 14.1. The molecule has 0 radical (unpaired) electrons. The Balaban J connectivity index is 1.97. The first-order valence-electron chi connectivity index (χ1n) is 8.23. The van der Waals surface area contributed by atoms with Crippen molar-refractivity contribution in [2.75, 3.05) is 13.1 Å². The van der Waals surface area contributed by atoms with E-state index in [0.717, 1.165) is 5.56 Å². The predicted octanol–water partition coefficient (Wildman–Crippen LogP) is 1.30. The van der Waals surface area contributed by atoms with Crippen molar-refractivity contribution in [3.63, 3.8) is 0 Å². The number of aliphatic carboxylic acids is 1. The van der Waals surface area contributed by atoms with Gasteiger partial charge in [-0.05, 0) is 17.9 Å². The number of carboxylic acid groups (broad SMARTS) is 1. The molecule has 0 saturated carbocycles. The van der Waals surface area contributed by atoms with Gasteiger partial charge >= 0.3 is 5.97 Å². The van der Waals surface area contributed by atoms with E-state index in [2.05, 4.69) is 5.32 Å². The maximum absolute atomic E-state index is 12.7. The molecular weight excluding hydrogens is 308 g/mol. The van der Waals surface area contributed by atoms with Crippen LogP contribution in [0.25, 0.3) is 0 Å². The molecule has 2 atom stereocenters. The number of likely N-dealkylation sites (tertiary alicyclic amines) is 1. The number of carbonyl (C=O) groups is 3. The number of hydrogen-bond donors (Lipinski definition) is 2. The highest BCUT2D eigenvalue weighted by Crippen LogP contribution is 2.19. The summed E-state index contributed by atoms with van der Waals surface area (Å²) in [5.74, 6) is -1.86. The number of rotatable bonds is 6. The van der Waals surface area contributed by atoms with Gasteiger partial charge in [-0.2, -0.15) is 0 Å². The van der Waals surface area contributed by atoms with E-state index in [9.17, 15) is 14.4 Å². The standard InChI is InChI=1S/C18H24N2O4/c1-12(2)16(17(22)20-9-8-14(11-20)18(23)24)19-15(21)10-13-6-4-3-5-7-13/h3-7,12,14,16H,8-11H2,1-2H3,(H,19,21)(H,23,24). The van der Waals surface area contributed by atoms with E-state index in [1.165, 1.54) is 0 Å². The van der Waals surface area contributed by atoms with E-state index < -0.39 is 17.9 Å². The molecule has 6 heteroatoms. The van der Waals surface area contributed by atoms with Crippen LogP contribution in [-0.4, -0.2) is 46.9 Å². The summed E-state index contributed by atoms with van der Waals surface area (Å²) in [6.45, 7) is 4.38. The van der Waals surface area contributed by atoms with Crippen molar-refractivity contribution in [3.8, 4) is 0 Å². The topological polar surface area (TPSA) is 86.7 Å². The molecule has 6 nitrogen and oxygen atoms in total. The van der Waals surface area contributed by atoms with Gasteiger partial charge in [-0.25, -0.2) is 0 Å². The zero-order chi connectivity index (χ0) is 17.7. The summed E-state index contributed by atoms with van der Waals surface area (Å²) in [6, 6.07) is 8.71. The number of amides is 2. The average Bonchev–Trinajstić information content (AvgIpc) is 3.03. The van der Waals surface area contributed by atoms with E-state index >= 15 is 0 Å². The van der Waals surface area contributed by atoms with Crippen molar-refractivity contribution < 1.29 is 19.5 Å². The number of nitrogens with zero attached hydrogens (tertiary/aromatic N) is 1. The Morgan fingerprint density at radius 3 is 2.46 bits per heavy atom. The molecule has 2 amide bonds. The van der Waals surface area contributed by atoms with Crippen LogP contribution < -0.4 is 5.32 Å². The second-order valence-corrected chi connectivity index (χ2v) is 6.56. The Kier molecular flexibility index (Phi) is 5.95. The predicted molar refractivity (Wildman–Crippen MR) is 89.2 cm³/mol. The number of carbonyl (C=O) groups excluding carboxylic acids is 2. The molecule has 1 aromatic rings. The lowest BCUT2D eigenvalue weighted by atomic mass is 10.0. The Labute approximate surface area is 141 Å². The smallest absolute Gasteiger partial charge is 0.308 e. The fourth-order valence-electron chi connectivity index (χ4n) is 2.88. The summed E-state index contributed by atoms with van der Waals surface area (Å²) >= 11 is 0. The van der Waals surface area contributed by atoms with Crippen LogP contribution in [0.3, 0.4) is 0 Å². The molecule has 2 rings (SSSR count). The highest BCUT2D eigenvalue weighted by Gasteiger charge is 2.35. The molecular formula is C18H24N2O4. The third-order valence-electron chi connectivity index (χ3n) is 4.31. The summed E-state index contributed by atoms with van der Waals surface area (Å²) in [5, 5.41) is 11.9. The molecule has 0 bridgehead atoms. The van der Waals surface area contributed by atoms with Crippen molar-refractivity contribution in [2.45, 2.75) is 32.7 Å². The van der Waals surface area contributed by atoms with Gasteiger partial charge in [-0.15, -0.1) is 0 Å². The Morgan fingerprint density at radius 2 is 1.92 bits per heavy atom. The molecule has 2 N–H and O–H groups in total. The fraction of sp³-hybridized carbons (Fsp3) is 0.500. The lowest BCUT2D eigenvalue weighted by molar-refractivity contribution is -0.142. The van der Waals surface area contributed by atoms with Gasteiger partial charge < -0.3 is 15.3 Å². The van der Waals surface area contributed by atoms with Gasteiger partial charge in [0.25, 0.3) is 0 Å². The molecule has 1 aromatic carbocycles. The number of hydrogen-bond acceptors (Lipinski definition) is 3. The van der Waals surface area contributed by atoms with Crippen LogP contribution in [0.15, 0.2) is 30.3 Å². The highest BCUT2D eigenvalue weighted by atomic mass is 16.4. The molecule has 1 aliphatic rings. The molecule has 1 aliphatic heterocycles. The SMILES string of the molecule is CC(C)C(NC(=O)Cc1ccccc1)C(=O)N1CCC(C(=O)O)C1.